The standard InChI is InChI=1S/C14H19NO2/c1-4-5-11-13(14(16)17-3)15(2)12-9-7-6-8-10-12/h6-11H,4-5H2,1-3H3/b13-11-. The summed E-state index contributed by atoms with van der Waals surface area (Å²) in [5.74, 6) is -0.301. The Kier molecular flexibility index (Phi) is 5.27. The number of esters is 1. The van der Waals surface area contributed by atoms with E-state index in [0.717, 1.165) is 18.5 Å². The van der Waals surface area contributed by atoms with E-state index in [9.17, 15) is 4.79 Å². The molecule has 0 spiro atoms. The van der Waals surface area contributed by atoms with Crippen LogP contribution in [-0.4, -0.2) is 20.1 Å². The lowest BCUT2D eigenvalue weighted by atomic mass is 10.2. The van der Waals surface area contributed by atoms with Crippen molar-refractivity contribution >= 4 is 11.7 Å². The van der Waals surface area contributed by atoms with Gasteiger partial charge in [-0.15, -0.1) is 0 Å². The molecule has 0 aliphatic rings. The smallest absolute Gasteiger partial charge is 0.354 e. The number of unbranched alkanes of at least 4 members (excludes halogenated alkanes) is 1. The third kappa shape index (κ3) is 3.63. The predicted octanol–water partition coefficient (Wildman–Crippen LogP) is 2.98. The largest absolute Gasteiger partial charge is 0.464 e. The molecule has 0 N–H and O–H groups in total. The lowest BCUT2D eigenvalue weighted by Crippen LogP contribution is -2.24. The Bertz CT molecular complexity index is 384. The Morgan fingerprint density at radius 1 is 1.35 bits per heavy atom. The second-order valence-corrected chi connectivity index (χ2v) is 3.76. The normalized spacial score (nSPS) is 11.1. The van der Waals surface area contributed by atoms with Gasteiger partial charge in [-0.1, -0.05) is 37.6 Å². The molecule has 1 rings (SSSR count). The molecule has 0 unspecified atom stereocenters. The van der Waals surface area contributed by atoms with Crippen LogP contribution in [0.1, 0.15) is 19.8 Å². The fraction of sp³-hybridized carbons (Fsp3) is 0.357. The summed E-state index contributed by atoms with van der Waals surface area (Å²) >= 11 is 0. The van der Waals surface area contributed by atoms with E-state index >= 15 is 0 Å². The third-order valence-electron chi connectivity index (χ3n) is 2.53. The minimum absolute atomic E-state index is 0.301. The molecule has 0 bridgehead atoms. The van der Waals surface area contributed by atoms with Crippen molar-refractivity contribution < 1.29 is 9.53 Å². The SMILES string of the molecule is CCC/C=C(/C(=O)OC)N(C)c1ccccc1. The fourth-order valence-corrected chi connectivity index (χ4v) is 1.53. The van der Waals surface area contributed by atoms with Crippen LogP contribution < -0.4 is 4.90 Å². The number of rotatable bonds is 5. The fourth-order valence-electron chi connectivity index (χ4n) is 1.53. The Balaban J connectivity index is 2.95. The number of nitrogens with zero attached hydrogens (tertiary/aromatic N) is 1. The molecule has 0 amide bonds. The average molecular weight is 233 g/mol. The van der Waals surface area contributed by atoms with Gasteiger partial charge in [0.05, 0.1) is 7.11 Å². The number of hydrogen-bond donors (Lipinski definition) is 0. The number of hydrogen-bond acceptors (Lipinski definition) is 3. The van der Waals surface area contributed by atoms with Crippen LogP contribution >= 0.6 is 0 Å². The molecule has 0 radical (unpaired) electrons. The number of likely N-dealkylation sites (N-methyl/N-ethyl adjacent to an activating group) is 1. The van der Waals surface area contributed by atoms with E-state index in [1.807, 2.05) is 48.4 Å². The minimum atomic E-state index is -0.301. The van der Waals surface area contributed by atoms with Crippen molar-refractivity contribution in [1.29, 1.82) is 0 Å². The molecule has 0 aliphatic carbocycles. The first-order valence-corrected chi connectivity index (χ1v) is 5.78. The number of para-hydroxylation sites is 1. The van der Waals surface area contributed by atoms with Gasteiger partial charge in [-0.05, 0) is 18.6 Å². The van der Waals surface area contributed by atoms with Crippen LogP contribution in [0, 0.1) is 0 Å². The van der Waals surface area contributed by atoms with Crippen molar-refractivity contribution in [2.24, 2.45) is 0 Å². The zero-order chi connectivity index (χ0) is 12.7. The molecule has 3 heteroatoms. The summed E-state index contributed by atoms with van der Waals surface area (Å²) in [6.45, 7) is 2.08. The van der Waals surface area contributed by atoms with Crippen molar-refractivity contribution in [2.75, 3.05) is 19.1 Å². The second kappa shape index (κ2) is 6.74. The van der Waals surface area contributed by atoms with Gasteiger partial charge in [0, 0.05) is 12.7 Å². The molecule has 0 aromatic heterocycles. The van der Waals surface area contributed by atoms with Crippen LogP contribution in [0.2, 0.25) is 0 Å². The number of allylic oxidation sites excluding steroid dienone is 1. The second-order valence-electron chi connectivity index (χ2n) is 3.76. The van der Waals surface area contributed by atoms with E-state index in [-0.39, 0.29) is 5.97 Å². The van der Waals surface area contributed by atoms with Crippen LogP contribution in [0.4, 0.5) is 5.69 Å². The summed E-state index contributed by atoms with van der Waals surface area (Å²) in [7, 11) is 3.27. The Morgan fingerprint density at radius 3 is 2.53 bits per heavy atom. The van der Waals surface area contributed by atoms with E-state index in [1.165, 1.54) is 7.11 Å². The van der Waals surface area contributed by atoms with Gasteiger partial charge < -0.3 is 9.64 Å². The van der Waals surface area contributed by atoms with Gasteiger partial charge in [-0.25, -0.2) is 4.79 Å². The average Bonchev–Trinajstić information content (AvgIpc) is 2.39. The van der Waals surface area contributed by atoms with Crippen LogP contribution in [-0.2, 0) is 9.53 Å². The van der Waals surface area contributed by atoms with E-state index < -0.39 is 0 Å². The number of methoxy groups -OCH3 is 1. The van der Waals surface area contributed by atoms with Crippen molar-refractivity contribution in [3.05, 3.63) is 42.1 Å². The summed E-state index contributed by atoms with van der Waals surface area (Å²) in [4.78, 5) is 13.5. The summed E-state index contributed by atoms with van der Waals surface area (Å²) in [6, 6.07) is 9.76. The highest BCUT2D eigenvalue weighted by molar-refractivity contribution is 5.92. The highest BCUT2D eigenvalue weighted by Gasteiger charge is 2.15. The highest BCUT2D eigenvalue weighted by atomic mass is 16.5. The molecule has 0 aliphatic heterocycles. The third-order valence-corrected chi connectivity index (χ3v) is 2.53. The summed E-state index contributed by atoms with van der Waals surface area (Å²) in [6.07, 6.45) is 3.78. The van der Waals surface area contributed by atoms with Gasteiger partial charge in [0.15, 0.2) is 0 Å². The number of anilines is 1. The molecule has 0 saturated heterocycles. The molecule has 1 aromatic carbocycles. The Morgan fingerprint density at radius 2 is 2.00 bits per heavy atom. The van der Waals surface area contributed by atoms with E-state index in [2.05, 4.69) is 6.92 Å². The summed E-state index contributed by atoms with van der Waals surface area (Å²) in [5, 5.41) is 0. The van der Waals surface area contributed by atoms with Gasteiger partial charge in [0.2, 0.25) is 0 Å². The first-order valence-electron chi connectivity index (χ1n) is 5.78. The summed E-state index contributed by atoms with van der Waals surface area (Å²) in [5.41, 5.74) is 1.56. The van der Waals surface area contributed by atoms with Crippen molar-refractivity contribution in [3.63, 3.8) is 0 Å². The maximum absolute atomic E-state index is 11.7. The minimum Gasteiger partial charge on any atom is -0.464 e. The number of carbonyl (C=O) groups is 1. The number of benzene rings is 1. The molecular formula is C14H19NO2. The lowest BCUT2D eigenvalue weighted by molar-refractivity contribution is -0.136. The zero-order valence-corrected chi connectivity index (χ0v) is 10.6. The van der Waals surface area contributed by atoms with Gasteiger partial charge >= 0.3 is 5.97 Å². The molecule has 0 atom stereocenters. The van der Waals surface area contributed by atoms with E-state index in [4.69, 9.17) is 4.74 Å². The summed E-state index contributed by atoms with van der Waals surface area (Å²) < 4.78 is 4.80. The maximum Gasteiger partial charge on any atom is 0.354 e. The van der Waals surface area contributed by atoms with Crippen LogP contribution in [0.3, 0.4) is 0 Å². The van der Waals surface area contributed by atoms with Gasteiger partial charge in [0.25, 0.3) is 0 Å². The van der Waals surface area contributed by atoms with Crippen LogP contribution in [0.15, 0.2) is 42.1 Å². The van der Waals surface area contributed by atoms with Gasteiger partial charge in [0.1, 0.15) is 5.70 Å². The first kappa shape index (κ1) is 13.3. The van der Waals surface area contributed by atoms with Gasteiger partial charge in [-0.3, -0.25) is 0 Å². The van der Waals surface area contributed by atoms with Crippen molar-refractivity contribution in [2.45, 2.75) is 19.8 Å². The molecule has 0 fully saturated rings. The molecule has 0 heterocycles. The van der Waals surface area contributed by atoms with Crippen LogP contribution in [0.25, 0.3) is 0 Å². The molecule has 0 saturated carbocycles. The van der Waals surface area contributed by atoms with E-state index in [0.29, 0.717) is 5.70 Å². The molecule has 17 heavy (non-hydrogen) atoms. The van der Waals surface area contributed by atoms with Gasteiger partial charge in [-0.2, -0.15) is 0 Å². The predicted molar refractivity (Wildman–Crippen MR) is 69.9 cm³/mol. The monoisotopic (exact) mass is 233 g/mol. The van der Waals surface area contributed by atoms with Crippen molar-refractivity contribution in [1.82, 2.24) is 0 Å². The Hall–Kier alpha value is -1.77. The molecule has 1 aromatic rings. The molecular weight excluding hydrogens is 214 g/mol. The lowest BCUT2D eigenvalue weighted by Gasteiger charge is -2.21. The first-order chi connectivity index (χ1) is 8.20. The number of ether oxygens (including phenoxy) is 1. The van der Waals surface area contributed by atoms with Crippen molar-refractivity contribution in [3.8, 4) is 0 Å². The highest BCUT2D eigenvalue weighted by Crippen LogP contribution is 2.18. The zero-order valence-electron chi connectivity index (χ0n) is 10.6. The Labute approximate surface area is 103 Å². The van der Waals surface area contributed by atoms with E-state index in [1.54, 1.807) is 0 Å². The molecule has 92 valence electrons. The quantitative estimate of drug-likeness (QED) is 0.578. The molecule has 3 nitrogen and oxygen atoms in total. The number of carbonyl (C=O) groups excluding carboxylic acids is 1. The maximum atomic E-state index is 11.7. The topological polar surface area (TPSA) is 29.5 Å². The van der Waals surface area contributed by atoms with Crippen LogP contribution in [0.5, 0.6) is 0 Å².